The number of pyridine rings is 2. The fourth-order valence-corrected chi connectivity index (χ4v) is 8.66. The molecule has 1 saturated heterocycles. The van der Waals surface area contributed by atoms with Crippen LogP contribution >= 0.6 is 0 Å². The maximum Gasteiger partial charge on any atom is 0.251 e. The minimum atomic E-state index is -0.738. The number of rotatable bonds is 11. The monoisotopic (exact) mass is 792 g/mol. The number of ether oxygens (including phenoxy) is 3. The quantitative estimate of drug-likeness (QED) is 0.131. The topological polar surface area (TPSA) is 138 Å². The summed E-state index contributed by atoms with van der Waals surface area (Å²) in [4.78, 5) is 43.6. The van der Waals surface area contributed by atoms with E-state index in [0.29, 0.717) is 56.0 Å². The molecule has 9 rings (SSSR count). The standard InChI is InChI=1S/C46H48N8O5/c1-28-27-57-21-19-54(28)42-25-39(32-14-17-47-44(43(32)50-42)37-15-18-49-51-37)58-20-7-6-16-48-45(56)29-8-11-34-33(22-29)38(55)26-46(34)35-12-9-30(52(2)3)23-40(35)59-41-24-31(53(4)5)10-13-36(41)46/h8-15,17-18,22-25,28H,6-7,16,19-21,26-27H2,1-5H3,(H,48,56)(H,49,51)/t28-/m1/s1. The van der Waals surface area contributed by atoms with Gasteiger partial charge in [0.15, 0.2) is 5.78 Å². The summed E-state index contributed by atoms with van der Waals surface area (Å²) in [6.07, 6.45) is 5.12. The van der Waals surface area contributed by atoms with Gasteiger partial charge in [0.25, 0.3) is 5.91 Å². The molecule has 1 amide bonds. The Morgan fingerprint density at radius 2 is 1.68 bits per heavy atom. The average molecular weight is 793 g/mol. The summed E-state index contributed by atoms with van der Waals surface area (Å²) < 4.78 is 18.7. The van der Waals surface area contributed by atoms with Gasteiger partial charge in [-0.25, -0.2) is 4.98 Å². The predicted molar refractivity (Wildman–Crippen MR) is 229 cm³/mol. The lowest BCUT2D eigenvalue weighted by molar-refractivity contribution is 0.0952. The number of aromatic nitrogens is 4. The second-order valence-corrected chi connectivity index (χ2v) is 16.0. The highest BCUT2D eigenvalue weighted by molar-refractivity contribution is 6.07. The highest BCUT2D eigenvalue weighted by Gasteiger charge is 2.51. The molecule has 0 saturated carbocycles. The maximum atomic E-state index is 14.0. The molecule has 0 unspecified atom stereocenters. The summed E-state index contributed by atoms with van der Waals surface area (Å²) in [6.45, 7) is 5.01. The molecular weight excluding hydrogens is 745 g/mol. The molecule has 1 aliphatic carbocycles. The number of amides is 1. The predicted octanol–water partition coefficient (Wildman–Crippen LogP) is 6.99. The van der Waals surface area contributed by atoms with Gasteiger partial charge in [-0.05, 0) is 61.7 Å². The Kier molecular flexibility index (Phi) is 9.92. The second kappa shape index (κ2) is 15.4. The Hall–Kier alpha value is -6.47. The van der Waals surface area contributed by atoms with Crippen molar-refractivity contribution in [3.05, 3.63) is 113 Å². The van der Waals surface area contributed by atoms with Crippen LogP contribution in [0.3, 0.4) is 0 Å². The van der Waals surface area contributed by atoms with Crippen LogP contribution in [-0.2, 0) is 10.2 Å². The Morgan fingerprint density at radius 1 is 0.932 bits per heavy atom. The number of benzene rings is 3. The number of Topliss-reactive ketones (excluding diaryl/α,β-unsaturated/α-hetero) is 1. The van der Waals surface area contributed by atoms with Crippen LogP contribution in [0.1, 0.15) is 63.6 Å². The van der Waals surface area contributed by atoms with Crippen LogP contribution in [0.25, 0.3) is 22.3 Å². The number of hydrogen-bond donors (Lipinski definition) is 2. The zero-order valence-corrected chi connectivity index (χ0v) is 34.0. The normalized spacial score (nSPS) is 16.3. The van der Waals surface area contributed by atoms with Gasteiger partial charge in [-0.2, -0.15) is 5.10 Å². The average Bonchev–Trinajstić information content (AvgIpc) is 3.88. The fraction of sp³-hybridized carbons (Fsp3) is 0.326. The summed E-state index contributed by atoms with van der Waals surface area (Å²) in [7, 11) is 7.99. The van der Waals surface area contributed by atoms with Crippen molar-refractivity contribution < 1.29 is 23.8 Å². The molecule has 0 bridgehead atoms. The number of nitrogens with one attached hydrogen (secondary N) is 2. The first-order valence-corrected chi connectivity index (χ1v) is 20.2. The van der Waals surface area contributed by atoms with E-state index in [4.69, 9.17) is 19.2 Å². The van der Waals surface area contributed by atoms with Crippen LogP contribution in [0, 0.1) is 0 Å². The van der Waals surface area contributed by atoms with E-state index < -0.39 is 5.41 Å². The third-order valence-corrected chi connectivity index (χ3v) is 11.8. The van der Waals surface area contributed by atoms with Crippen molar-refractivity contribution in [2.45, 2.75) is 37.6 Å². The molecule has 3 aromatic heterocycles. The van der Waals surface area contributed by atoms with E-state index >= 15 is 0 Å². The van der Waals surface area contributed by atoms with E-state index in [2.05, 4.69) is 56.6 Å². The molecule has 3 aliphatic rings. The van der Waals surface area contributed by atoms with E-state index in [9.17, 15) is 9.59 Å². The summed E-state index contributed by atoms with van der Waals surface area (Å²) in [5.74, 6) is 2.77. The number of morpholine rings is 1. The zero-order chi connectivity index (χ0) is 40.8. The summed E-state index contributed by atoms with van der Waals surface area (Å²) in [6, 6.07) is 23.9. The number of fused-ring (bicyclic) bond motifs is 7. The number of anilines is 3. The third kappa shape index (κ3) is 6.78. The van der Waals surface area contributed by atoms with Gasteiger partial charge >= 0.3 is 0 Å². The fourth-order valence-electron chi connectivity index (χ4n) is 8.66. The summed E-state index contributed by atoms with van der Waals surface area (Å²) in [5, 5.41) is 11.1. The Morgan fingerprint density at radius 3 is 2.37 bits per heavy atom. The van der Waals surface area contributed by atoms with Crippen LogP contribution in [0.4, 0.5) is 17.2 Å². The van der Waals surface area contributed by atoms with Crippen molar-refractivity contribution in [3.8, 4) is 28.6 Å². The highest BCUT2D eigenvalue weighted by Crippen LogP contribution is 2.58. The van der Waals surface area contributed by atoms with E-state index in [-0.39, 0.29) is 24.2 Å². The first kappa shape index (κ1) is 38.1. The van der Waals surface area contributed by atoms with E-state index in [1.807, 2.05) is 80.5 Å². The highest BCUT2D eigenvalue weighted by atomic mass is 16.5. The van der Waals surface area contributed by atoms with Gasteiger partial charge in [0.05, 0.1) is 37.0 Å². The van der Waals surface area contributed by atoms with Gasteiger partial charge in [0, 0.05) is 117 Å². The van der Waals surface area contributed by atoms with Crippen LogP contribution in [0.15, 0.2) is 85.2 Å². The number of unbranched alkanes of at least 4 members (excludes halogenated alkanes) is 1. The molecule has 1 atom stereocenters. The minimum absolute atomic E-state index is 0.00121. The molecule has 6 aromatic rings. The van der Waals surface area contributed by atoms with Crippen LogP contribution in [0.5, 0.6) is 17.2 Å². The van der Waals surface area contributed by atoms with E-state index in [0.717, 1.165) is 74.3 Å². The van der Waals surface area contributed by atoms with Crippen molar-refractivity contribution in [2.75, 3.05) is 75.8 Å². The molecule has 1 spiro atoms. The molecule has 59 heavy (non-hydrogen) atoms. The first-order chi connectivity index (χ1) is 28.6. The molecular formula is C46H48N8O5. The van der Waals surface area contributed by atoms with Crippen molar-refractivity contribution in [3.63, 3.8) is 0 Å². The number of aromatic amines is 1. The zero-order valence-electron chi connectivity index (χ0n) is 34.0. The van der Waals surface area contributed by atoms with E-state index in [1.54, 1.807) is 18.5 Å². The summed E-state index contributed by atoms with van der Waals surface area (Å²) >= 11 is 0. The van der Waals surface area contributed by atoms with Gasteiger partial charge < -0.3 is 34.2 Å². The van der Waals surface area contributed by atoms with Gasteiger partial charge in [-0.15, -0.1) is 0 Å². The number of carbonyl (C=O) groups is 2. The lowest BCUT2D eigenvalue weighted by Gasteiger charge is -2.38. The lowest BCUT2D eigenvalue weighted by atomic mass is 9.68. The molecule has 13 heteroatoms. The number of carbonyl (C=O) groups excluding carboxylic acids is 2. The number of nitrogens with zero attached hydrogens (tertiary/aromatic N) is 6. The Balaban J connectivity index is 0.903. The smallest absolute Gasteiger partial charge is 0.251 e. The van der Waals surface area contributed by atoms with Crippen molar-refractivity contribution in [1.82, 2.24) is 25.5 Å². The molecule has 3 aromatic carbocycles. The number of H-pyrrole nitrogens is 1. The van der Waals surface area contributed by atoms with Gasteiger partial charge in [-0.1, -0.05) is 18.2 Å². The minimum Gasteiger partial charge on any atom is -0.493 e. The van der Waals surface area contributed by atoms with Gasteiger partial charge in [0.1, 0.15) is 34.3 Å². The molecule has 13 nitrogen and oxygen atoms in total. The van der Waals surface area contributed by atoms with Crippen LogP contribution in [-0.4, -0.2) is 99.0 Å². The van der Waals surface area contributed by atoms with Crippen molar-refractivity contribution in [1.29, 1.82) is 0 Å². The Labute approximate surface area is 343 Å². The summed E-state index contributed by atoms with van der Waals surface area (Å²) in [5.41, 5.74) is 7.30. The Bertz CT molecular complexity index is 2510. The molecule has 2 aliphatic heterocycles. The van der Waals surface area contributed by atoms with Crippen molar-refractivity contribution >= 4 is 39.8 Å². The van der Waals surface area contributed by atoms with E-state index in [1.165, 1.54) is 0 Å². The van der Waals surface area contributed by atoms with Gasteiger partial charge in [0.2, 0.25) is 0 Å². The molecule has 5 heterocycles. The number of ketones is 1. The third-order valence-electron chi connectivity index (χ3n) is 11.8. The largest absolute Gasteiger partial charge is 0.493 e. The molecule has 1 fully saturated rings. The van der Waals surface area contributed by atoms with Crippen LogP contribution < -0.4 is 29.5 Å². The molecule has 302 valence electrons. The van der Waals surface area contributed by atoms with Gasteiger partial charge in [-0.3, -0.25) is 19.7 Å². The van der Waals surface area contributed by atoms with Crippen LogP contribution in [0.2, 0.25) is 0 Å². The SMILES string of the molecule is C[C@@H]1COCCN1c1cc(OCCCCNC(=O)c2ccc3c(c2)C(=O)CC32c3ccc(N(C)C)cc3Oc3cc(N(C)C)ccc32)c2ccnc(-c3ccn[nH]3)c2n1. The van der Waals surface area contributed by atoms with Crippen molar-refractivity contribution in [2.24, 2.45) is 0 Å². The number of hydrogen-bond acceptors (Lipinski definition) is 11. The molecule has 0 radical (unpaired) electrons. The molecule has 2 N–H and O–H groups in total. The maximum absolute atomic E-state index is 14.0. The first-order valence-electron chi connectivity index (χ1n) is 20.2. The second-order valence-electron chi connectivity index (χ2n) is 16.0. The lowest BCUT2D eigenvalue weighted by Crippen LogP contribution is -2.44.